The third-order valence-electron chi connectivity index (χ3n) is 8.78. The van der Waals surface area contributed by atoms with Gasteiger partial charge in [-0.1, -0.05) is 57.5 Å². The van der Waals surface area contributed by atoms with Crippen molar-refractivity contribution >= 4 is 14.3 Å². The standard InChI is InChI=1S/C28H41NO3Si/c1-19-12-14-22(27(2,3)20-10-8-7-9-11-20)24(16-19)31-26(30)28-18-29(28)21-13-15-23(28)25(17-21)32-33(4,5)6/h7-11,17,19,21-24H,12-16,18H2,1-6H3/t19?,21-,22?,23?,24?,28?,29?/m1/s1. The average Bonchev–Trinajstić information content (AvgIpc) is 3.53. The molecule has 0 aromatic heterocycles. The van der Waals surface area contributed by atoms with Gasteiger partial charge in [0.05, 0.1) is 5.76 Å². The molecule has 2 saturated heterocycles. The van der Waals surface area contributed by atoms with E-state index in [0.29, 0.717) is 17.9 Å². The Balaban J connectivity index is 1.38. The van der Waals surface area contributed by atoms with Crippen LogP contribution in [0.15, 0.2) is 42.2 Å². The maximum Gasteiger partial charge on any atom is 0.328 e. The van der Waals surface area contributed by atoms with Gasteiger partial charge in [-0.3, -0.25) is 4.90 Å². The first-order valence-electron chi connectivity index (χ1n) is 13.0. The minimum atomic E-state index is -1.72. The zero-order chi connectivity index (χ0) is 23.6. The lowest BCUT2D eigenvalue weighted by Crippen LogP contribution is -2.53. The number of benzene rings is 1. The first kappa shape index (κ1) is 23.2. The van der Waals surface area contributed by atoms with Crippen LogP contribution in [0.5, 0.6) is 0 Å². The molecule has 2 bridgehead atoms. The highest BCUT2D eigenvalue weighted by Crippen LogP contribution is 2.57. The molecule has 6 unspecified atom stereocenters. The molecule has 7 atom stereocenters. The highest BCUT2D eigenvalue weighted by Gasteiger charge is 2.71. The smallest absolute Gasteiger partial charge is 0.328 e. The number of carbonyl (C=O) groups excluding carboxylic acids is 1. The fraction of sp³-hybridized carbons (Fsp3) is 0.679. The molecule has 6 rings (SSSR count). The van der Waals surface area contributed by atoms with Crippen LogP contribution >= 0.6 is 0 Å². The summed E-state index contributed by atoms with van der Waals surface area (Å²) in [6.07, 6.45) is 7.70. The number of nitrogens with zero attached hydrogens (tertiary/aromatic N) is 1. The molecule has 5 aliphatic rings. The van der Waals surface area contributed by atoms with Crippen LogP contribution in [0.25, 0.3) is 0 Å². The Morgan fingerprint density at radius 2 is 1.82 bits per heavy atom. The molecule has 3 aliphatic heterocycles. The number of ether oxygens (including phenoxy) is 1. The predicted molar refractivity (Wildman–Crippen MR) is 134 cm³/mol. The molecule has 1 aromatic carbocycles. The van der Waals surface area contributed by atoms with Crippen molar-refractivity contribution in [2.45, 2.75) is 95.6 Å². The average molecular weight is 468 g/mol. The van der Waals surface area contributed by atoms with Crippen LogP contribution in [-0.4, -0.2) is 43.4 Å². The molecule has 33 heavy (non-hydrogen) atoms. The number of esters is 1. The predicted octanol–water partition coefficient (Wildman–Crippen LogP) is 5.89. The molecule has 3 fully saturated rings. The molecular weight excluding hydrogens is 426 g/mol. The van der Waals surface area contributed by atoms with E-state index in [2.05, 4.69) is 81.7 Å². The number of piperidine rings is 1. The number of rotatable bonds is 6. The topological polar surface area (TPSA) is 38.5 Å². The zero-order valence-electron chi connectivity index (χ0n) is 21.3. The van der Waals surface area contributed by atoms with Gasteiger partial charge < -0.3 is 9.16 Å². The van der Waals surface area contributed by atoms with Crippen LogP contribution in [0.2, 0.25) is 19.6 Å². The summed E-state index contributed by atoms with van der Waals surface area (Å²) in [6, 6.07) is 11.1. The van der Waals surface area contributed by atoms with Crippen molar-refractivity contribution in [3.8, 4) is 0 Å². The van der Waals surface area contributed by atoms with Crippen LogP contribution < -0.4 is 0 Å². The van der Waals surface area contributed by atoms with E-state index in [4.69, 9.17) is 9.16 Å². The zero-order valence-corrected chi connectivity index (χ0v) is 22.3. The second kappa shape index (κ2) is 7.98. The van der Waals surface area contributed by atoms with Crippen LogP contribution in [0.3, 0.4) is 0 Å². The van der Waals surface area contributed by atoms with E-state index in [9.17, 15) is 4.79 Å². The van der Waals surface area contributed by atoms with Crippen LogP contribution in [0, 0.1) is 17.8 Å². The van der Waals surface area contributed by atoms with Gasteiger partial charge in [0, 0.05) is 24.4 Å². The fourth-order valence-electron chi connectivity index (χ4n) is 6.93. The molecule has 5 heteroatoms. The van der Waals surface area contributed by atoms with Gasteiger partial charge in [-0.05, 0) is 68.3 Å². The SMILES string of the molecule is CC1CCC(C(C)(C)c2ccccc2)C(OC(=O)C23CN2[C@H]2C=C(O[Si](C)(C)C)C3CC2)C1. The second-order valence-corrected chi connectivity index (χ2v) is 17.0. The molecule has 180 valence electrons. The van der Waals surface area contributed by atoms with Crippen molar-refractivity contribution in [1.29, 1.82) is 0 Å². The van der Waals surface area contributed by atoms with Crippen LogP contribution in [0.1, 0.15) is 58.4 Å². The minimum Gasteiger partial charge on any atom is -0.547 e. The fourth-order valence-corrected chi connectivity index (χ4v) is 7.84. The van der Waals surface area contributed by atoms with Gasteiger partial charge in [0.1, 0.15) is 11.6 Å². The lowest BCUT2D eigenvalue weighted by molar-refractivity contribution is -0.164. The summed E-state index contributed by atoms with van der Waals surface area (Å²) in [6.45, 7) is 14.5. The Kier molecular flexibility index (Phi) is 5.60. The van der Waals surface area contributed by atoms with Gasteiger partial charge in [-0.2, -0.15) is 0 Å². The first-order chi connectivity index (χ1) is 15.5. The molecule has 4 nitrogen and oxygen atoms in total. The summed E-state index contributed by atoms with van der Waals surface area (Å²) in [5.74, 6) is 2.16. The Hall–Kier alpha value is -1.59. The summed E-state index contributed by atoms with van der Waals surface area (Å²) in [5.41, 5.74) is 0.821. The van der Waals surface area contributed by atoms with Gasteiger partial charge in [0.2, 0.25) is 8.32 Å². The van der Waals surface area contributed by atoms with E-state index in [1.807, 2.05) is 0 Å². The second-order valence-electron chi connectivity index (χ2n) is 12.6. The van der Waals surface area contributed by atoms with Gasteiger partial charge in [-0.25, -0.2) is 4.79 Å². The van der Waals surface area contributed by atoms with E-state index in [-0.39, 0.29) is 23.4 Å². The highest BCUT2D eigenvalue weighted by atomic mass is 28.4. The van der Waals surface area contributed by atoms with Crippen molar-refractivity contribution in [1.82, 2.24) is 4.90 Å². The number of hydrogen-bond donors (Lipinski definition) is 0. The Bertz CT molecular complexity index is 936. The quantitative estimate of drug-likeness (QED) is 0.297. The maximum absolute atomic E-state index is 13.9. The van der Waals surface area contributed by atoms with Gasteiger partial charge >= 0.3 is 5.97 Å². The van der Waals surface area contributed by atoms with Gasteiger partial charge in [-0.15, -0.1) is 0 Å². The van der Waals surface area contributed by atoms with E-state index >= 15 is 0 Å². The van der Waals surface area contributed by atoms with Crippen LogP contribution in [0.4, 0.5) is 0 Å². The third kappa shape index (κ3) is 3.99. The van der Waals surface area contributed by atoms with Gasteiger partial charge in [0.25, 0.3) is 0 Å². The Morgan fingerprint density at radius 3 is 2.52 bits per heavy atom. The molecule has 0 spiro atoms. The van der Waals surface area contributed by atoms with Crippen molar-refractivity contribution in [2.24, 2.45) is 17.8 Å². The summed E-state index contributed by atoms with van der Waals surface area (Å²) in [7, 11) is -1.72. The minimum absolute atomic E-state index is 0.00920. The summed E-state index contributed by atoms with van der Waals surface area (Å²) in [4.78, 5) is 16.3. The third-order valence-corrected chi connectivity index (χ3v) is 9.63. The monoisotopic (exact) mass is 467 g/mol. The lowest BCUT2D eigenvalue weighted by Gasteiger charge is -2.46. The molecule has 0 radical (unpaired) electrons. The molecule has 1 aromatic rings. The van der Waals surface area contributed by atoms with E-state index in [1.54, 1.807) is 0 Å². The Labute approximate surface area is 200 Å². The van der Waals surface area contributed by atoms with Crippen molar-refractivity contribution in [3.05, 3.63) is 47.7 Å². The largest absolute Gasteiger partial charge is 0.547 e. The van der Waals surface area contributed by atoms with Crippen molar-refractivity contribution in [2.75, 3.05) is 6.54 Å². The molecular formula is C28H41NO3Si. The maximum atomic E-state index is 13.9. The molecule has 0 amide bonds. The first-order valence-corrected chi connectivity index (χ1v) is 16.4. The molecule has 1 saturated carbocycles. The van der Waals surface area contributed by atoms with E-state index < -0.39 is 13.9 Å². The molecule has 3 heterocycles. The van der Waals surface area contributed by atoms with E-state index in [1.165, 1.54) is 12.0 Å². The van der Waals surface area contributed by atoms with Crippen molar-refractivity contribution < 1.29 is 14.0 Å². The van der Waals surface area contributed by atoms with E-state index in [0.717, 1.165) is 38.0 Å². The summed E-state index contributed by atoms with van der Waals surface area (Å²) < 4.78 is 13.0. The number of carbonyl (C=O) groups is 1. The summed E-state index contributed by atoms with van der Waals surface area (Å²) in [5, 5.41) is 0. The van der Waals surface area contributed by atoms with Crippen molar-refractivity contribution in [3.63, 3.8) is 0 Å². The summed E-state index contributed by atoms with van der Waals surface area (Å²) >= 11 is 0. The highest BCUT2D eigenvalue weighted by molar-refractivity contribution is 6.70. The molecule has 2 aliphatic carbocycles. The van der Waals surface area contributed by atoms with Gasteiger partial charge in [0.15, 0.2) is 0 Å². The normalized spacial score (nSPS) is 37.7. The van der Waals surface area contributed by atoms with Crippen LogP contribution in [-0.2, 0) is 19.4 Å². The number of fused-ring (bicyclic) bond motifs is 1. The Morgan fingerprint density at radius 1 is 1.09 bits per heavy atom. The molecule has 0 N–H and O–H groups in total. The number of hydrogen-bond acceptors (Lipinski definition) is 4. The lowest BCUT2D eigenvalue weighted by atomic mass is 9.64.